The molecule has 13 heteroatoms. The summed E-state index contributed by atoms with van der Waals surface area (Å²) in [6.45, 7) is 7.66. The van der Waals surface area contributed by atoms with Crippen molar-refractivity contribution in [2.24, 2.45) is 5.92 Å². The smallest absolute Gasteiger partial charge is 0.407 e. The van der Waals surface area contributed by atoms with E-state index in [-0.39, 0.29) is 59.9 Å². The minimum Gasteiger partial charge on any atom is -0.458 e. The van der Waals surface area contributed by atoms with Crippen LogP contribution in [0, 0.1) is 18.7 Å². The van der Waals surface area contributed by atoms with Crippen LogP contribution < -0.4 is 10.9 Å². The lowest BCUT2D eigenvalue weighted by molar-refractivity contribution is -0.172. The molecule has 3 aromatic heterocycles. The zero-order valence-corrected chi connectivity index (χ0v) is 28.6. The number of aliphatic hydroxyl groups is 1. The average Bonchev–Trinajstić information content (AvgIpc) is 3.44. The number of carbonyl (C=O) groups is 2. The highest BCUT2D eigenvalue weighted by Crippen LogP contribution is 2.46. The second-order valence-corrected chi connectivity index (χ2v) is 15.2. The van der Waals surface area contributed by atoms with Gasteiger partial charge < -0.3 is 24.5 Å². The van der Waals surface area contributed by atoms with Crippen LogP contribution in [0.5, 0.6) is 0 Å². The van der Waals surface area contributed by atoms with Gasteiger partial charge in [-0.05, 0) is 77.8 Å². The van der Waals surface area contributed by atoms with E-state index in [4.69, 9.17) is 14.5 Å². The van der Waals surface area contributed by atoms with Gasteiger partial charge in [-0.1, -0.05) is 37.6 Å². The Kier molecular flexibility index (Phi) is 8.49. The number of nitrogens with zero attached hydrogens (tertiary/aromatic N) is 3. The van der Waals surface area contributed by atoms with E-state index in [0.717, 1.165) is 27.1 Å². The van der Waals surface area contributed by atoms with Crippen molar-refractivity contribution >= 4 is 44.6 Å². The molecule has 3 aliphatic rings. The van der Waals surface area contributed by atoms with E-state index in [2.05, 4.69) is 24.1 Å². The molecule has 2 N–H and O–H groups in total. The molecule has 0 saturated heterocycles. The summed E-state index contributed by atoms with van der Waals surface area (Å²) < 4.78 is 27.8. The number of fused-ring (bicyclic) bond motifs is 5. The average molecular weight is 691 g/mol. The van der Waals surface area contributed by atoms with Crippen LogP contribution in [-0.4, -0.2) is 43.6 Å². The lowest BCUT2D eigenvalue weighted by Gasteiger charge is -2.31. The summed E-state index contributed by atoms with van der Waals surface area (Å²) in [5.74, 6) is -0.957. The van der Waals surface area contributed by atoms with Crippen molar-refractivity contribution in [3.05, 3.63) is 86.1 Å². The fourth-order valence-corrected chi connectivity index (χ4v) is 9.48. The summed E-state index contributed by atoms with van der Waals surface area (Å²) in [6, 6.07) is 8.27. The van der Waals surface area contributed by atoms with Crippen LogP contribution in [0.4, 0.5) is 9.18 Å². The molecule has 250 valence electrons. The van der Waals surface area contributed by atoms with Gasteiger partial charge in [0.25, 0.3) is 5.56 Å². The Balaban J connectivity index is 1.24. The number of aromatic nitrogens is 3. The number of rotatable bonds is 8. The van der Waals surface area contributed by atoms with E-state index in [1.54, 1.807) is 52.3 Å². The first-order valence-electron chi connectivity index (χ1n) is 16.0. The van der Waals surface area contributed by atoms with Gasteiger partial charge in [0.1, 0.15) is 24.1 Å². The summed E-state index contributed by atoms with van der Waals surface area (Å²) >= 11 is 0. The topological polar surface area (TPSA) is 133 Å². The Labute approximate surface area is 284 Å². The number of pyridine rings is 3. The van der Waals surface area contributed by atoms with Gasteiger partial charge >= 0.3 is 12.1 Å². The number of aryl methyl sites for hydroxylation is 1. The van der Waals surface area contributed by atoms with Crippen molar-refractivity contribution in [1.29, 1.82) is 0 Å². The fraction of sp³-hybridized carbons (Fsp3) is 0.400. The van der Waals surface area contributed by atoms with E-state index < -0.39 is 23.7 Å². The third-order valence-electron chi connectivity index (χ3n) is 9.69. The molecule has 3 atom stereocenters. The first-order valence-corrected chi connectivity index (χ1v) is 18.2. The van der Waals surface area contributed by atoms with Crippen LogP contribution >= 0.6 is 21.6 Å². The molecule has 0 bridgehead atoms. The number of nitrogens with one attached hydrogen (secondary N) is 1. The highest BCUT2D eigenvalue weighted by molar-refractivity contribution is 8.76. The Morgan fingerprint density at radius 2 is 2.06 bits per heavy atom. The SMILES string of the molecule is CC[C@@]1(O)C(=O)OCc2c1cc1n(c2=O)Cc2c-1nc1cc(F)c(C)c3c1c2[C@@H](NC(=O)OC[C@H](SSc1ccccn1)C(C)C)CC3. The molecule has 2 aliphatic heterocycles. The van der Waals surface area contributed by atoms with Crippen LogP contribution in [-0.2, 0) is 39.4 Å². The Morgan fingerprint density at radius 3 is 2.79 bits per heavy atom. The molecule has 0 radical (unpaired) electrons. The quantitative estimate of drug-likeness (QED) is 0.145. The third-order valence-corrected chi connectivity index (χ3v) is 12.7. The van der Waals surface area contributed by atoms with Gasteiger partial charge in [0.2, 0.25) is 0 Å². The van der Waals surface area contributed by atoms with Crippen molar-refractivity contribution in [3.8, 4) is 11.4 Å². The number of hydrogen-bond donors (Lipinski definition) is 2. The summed E-state index contributed by atoms with van der Waals surface area (Å²) in [5.41, 5.74) is 2.20. The van der Waals surface area contributed by atoms with Crippen molar-refractivity contribution in [3.63, 3.8) is 0 Å². The van der Waals surface area contributed by atoms with Crippen LogP contribution in [0.15, 0.2) is 46.3 Å². The molecule has 1 aliphatic carbocycles. The van der Waals surface area contributed by atoms with Gasteiger partial charge in [-0.25, -0.2) is 23.9 Å². The van der Waals surface area contributed by atoms with Gasteiger partial charge in [0.15, 0.2) is 5.60 Å². The maximum atomic E-state index is 15.2. The van der Waals surface area contributed by atoms with Crippen LogP contribution in [0.3, 0.4) is 0 Å². The second-order valence-electron chi connectivity index (χ2n) is 12.8. The van der Waals surface area contributed by atoms with Crippen LogP contribution in [0.25, 0.3) is 22.3 Å². The molecule has 0 unspecified atom stereocenters. The van der Waals surface area contributed by atoms with Gasteiger partial charge in [0, 0.05) is 28.8 Å². The van der Waals surface area contributed by atoms with Gasteiger partial charge in [0.05, 0.1) is 40.3 Å². The molecule has 0 spiro atoms. The normalized spacial score (nSPS) is 19.8. The maximum absolute atomic E-state index is 15.2. The Bertz CT molecular complexity index is 2040. The summed E-state index contributed by atoms with van der Waals surface area (Å²) in [7, 11) is 3.15. The molecule has 0 fully saturated rings. The largest absolute Gasteiger partial charge is 0.458 e. The highest BCUT2D eigenvalue weighted by Gasteiger charge is 2.46. The summed E-state index contributed by atoms with van der Waals surface area (Å²) in [4.78, 5) is 49.1. The van der Waals surface area contributed by atoms with Crippen LogP contribution in [0.2, 0.25) is 0 Å². The van der Waals surface area contributed by atoms with Crippen LogP contribution in [0.1, 0.15) is 73.0 Å². The first-order chi connectivity index (χ1) is 23.0. The number of halogens is 1. The highest BCUT2D eigenvalue weighted by atomic mass is 33.1. The van der Waals surface area contributed by atoms with Crippen molar-refractivity contribution < 1.29 is 28.6 Å². The summed E-state index contributed by atoms with van der Waals surface area (Å²) in [5, 5.41) is 16.0. The van der Waals surface area contributed by atoms with Crippen molar-refractivity contribution in [2.45, 2.75) is 82.0 Å². The minimum absolute atomic E-state index is 0.0161. The monoisotopic (exact) mass is 690 g/mol. The van der Waals surface area contributed by atoms with Crippen molar-refractivity contribution in [1.82, 2.24) is 19.9 Å². The van der Waals surface area contributed by atoms with E-state index in [1.807, 2.05) is 18.2 Å². The van der Waals surface area contributed by atoms with Gasteiger partial charge in [-0.3, -0.25) is 4.79 Å². The third kappa shape index (κ3) is 5.36. The fourth-order valence-electron chi connectivity index (χ4n) is 6.88. The number of esters is 1. The number of ether oxygens (including phenoxy) is 2. The Morgan fingerprint density at radius 1 is 1.25 bits per heavy atom. The summed E-state index contributed by atoms with van der Waals surface area (Å²) in [6.07, 6.45) is 2.21. The molecule has 48 heavy (non-hydrogen) atoms. The van der Waals surface area contributed by atoms with E-state index in [0.29, 0.717) is 35.3 Å². The number of carbonyl (C=O) groups excluding carboxylic acids is 2. The number of alkyl carbamates (subject to hydrolysis) is 1. The molecule has 0 saturated carbocycles. The first kappa shape index (κ1) is 32.6. The number of cyclic esters (lactones) is 1. The molecular formula is C35H35FN4O6S2. The number of hydrogen-bond acceptors (Lipinski definition) is 10. The molecule has 10 nitrogen and oxygen atoms in total. The van der Waals surface area contributed by atoms with E-state index in [9.17, 15) is 19.5 Å². The van der Waals surface area contributed by atoms with E-state index in [1.165, 1.54) is 6.07 Å². The van der Waals surface area contributed by atoms with Gasteiger partial charge in [-0.15, -0.1) is 0 Å². The lowest BCUT2D eigenvalue weighted by atomic mass is 9.81. The molecule has 1 amide bonds. The van der Waals surface area contributed by atoms with Gasteiger partial charge in [-0.2, -0.15) is 0 Å². The molecule has 5 heterocycles. The number of amides is 1. The second kappa shape index (κ2) is 12.5. The maximum Gasteiger partial charge on any atom is 0.407 e. The van der Waals surface area contributed by atoms with Crippen molar-refractivity contribution in [2.75, 3.05) is 6.61 Å². The standard InChI is InChI=1S/C35H35FN4O6S2/c1-5-35(44)22-12-26-31-20(14-40(26)32(41)21(22)15-45-33(35)42)30-24(10-9-19-18(4)23(36)13-25(38-31)29(19)30)39-34(43)46-16-27(17(2)3)47-48-28-8-6-7-11-37-28/h6-8,11-13,17,24,27,44H,5,9-10,14-16H2,1-4H3,(H,39,43)/t24-,27-,35-/m0/s1. The zero-order valence-electron chi connectivity index (χ0n) is 27.0. The molecule has 7 rings (SSSR count). The minimum atomic E-state index is -1.97. The predicted octanol–water partition coefficient (Wildman–Crippen LogP) is 6.10. The zero-order chi connectivity index (χ0) is 33.9. The predicted molar refractivity (Wildman–Crippen MR) is 181 cm³/mol. The molecular weight excluding hydrogens is 656 g/mol. The van der Waals surface area contributed by atoms with E-state index >= 15 is 4.39 Å². The molecule has 1 aromatic carbocycles. The lowest BCUT2D eigenvalue weighted by Crippen LogP contribution is -2.44. The number of benzene rings is 1. The Hall–Kier alpha value is -3.94. The molecule has 4 aromatic rings.